The molecule has 0 aliphatic rings. The molecule has 0 fully saturated rings. The minimum atomic E-state index is -4.66. The van der Waals surface area contributed by atoms with E-state index in [1.54, 1.807) is 24.3 Å². The Morgan fingerprint density at radius 3 is 2.36 bits per heavy atom. The zero-order chi connectivity index (χ0) is 20.1. The standard InChI is InChI=1S/C18H12F3N3O3S/c19-18(20,21)16-9-15(17-14-4-2-1-3-11(14)10-27-17)24(23-16)12-5-7-13(8-6-12)28(22,25)26/h1-10H,(H2,22,25,26). The number of sulfonamides is 1. The third-order valence-electron chi connectivity index (χ3n) is 4.15. The summed E-state index contributed by atoms with van der Waals surface area (Å²) in [6, 6.07) is 13.0. The maximum atomic E-state index is 13.3. The fourth-order valence-electron chi connectivity index (χ4n) is 2.85. The highest BCUT2D eigenvalue weighted by Gasteiger charge is 2.36. The van der Waals surface area contributed by atoms with Gasteiger partial charge >= 0.3 is 6.18 Å². The van der Waals surface area contributed by atoms with Crippen molar-refractivity contribution in [2.24, 2.45) is 5.14 Å². The van der Waals surface area contributed by atoms with E-state index in [0.717, 1.165) is 16.1 Å². The van der Waals surface area contributed by atoms with Crippen molar-refractivity contribution in [2.45, 2.75) is 11.1 Å². The van der Waals surface area contributed by atoms with Gasteiger partial charge in [0.25, 0.3) is 0 Å². The van der Waals surface area contributed by atoms with Crippen LogP contribution < -0.4 is 5.14 Å². The molecule has 0 amide bonds. The number of primary sulfonamides is 1. The summed E-state index contributed by atoms with van der Waals surface area (Å²) in [7, 11) is -3.93. The van der Waals surface area contributed by atoms with Gasteiger partial charge in [-0.2, -0.15) is 18.3 Å². The molecule has 0 bridgehead atoms. The fourth-order valence-corrected chi connectivity index (χ4v) is 3.36. The van der Waals surface area contributed by atoms with Crippen molar-refractivity contribution in [1.29, 1.82) is 0 Å². The molecule has 2 N–H and O–H groups in total. The molecule has 2 aromatic heterocycles. The normalized spacial score (nSPS) is 12.6. The summed E-state index contributed by atoms with van der Waals surface area (Å²) in [5.74, 6) is 0.217. The molecule has 2 heterocycles. The molecular weight excluding hydrogens is 395 g/mol. The molecule has 0 spiro atoms. The zero-order valence-electron chi connectivity index (χ0n) is 14.0. The van der Waals surface area contributed by atoms with Crippen LogP contribution in [0.25, 0.3) is 27.9 Å². The van der Waals surface area contributed by atoms with Gasteiger partial charge in [0.1, 0.15) is 5.69 Å². The average Bonchev–Trinajstić information content (AvgIpc) is 3.25. The van der Waals surface area contributed by atoms with Crippen molar-refractivity contribution in [3.63, 3.8) is 0 Å². The molecule has 0 saturated carbocycles. The number of furan rings is 1. The molecular formula is C18H12F3N3O3S. The summed E-state index contributed by atoms with van der Waals surface area (Å²) in [5.41, 5.74) is -0.797. The Morgan fingerprint density at radius 1 is 1.04 bits per heavy atom. The monoisotopic (exact) mass is 407 g/mol. The molecule has 0 radical (unpaired) electrons. The van der Waals surface area contributed by atoms with Crippen molar-refractivity contribution in [3.8, 4) is 17.1 Å². The number of nitrogens with zero attached hydrogens (tertiary/aromatic N) is 2. The summed E-state index contributed by atoms with van der Waals surface area (Å²) in [4.78, 5) is -0.163. The topological polar surface area (TPSA) is 91.1 Å². The number of aromatic nitrogens is 2. The summed E-state index contributed by atoms with van der Waals surface area (Å²) in [5, 5.41) is 10.1. The molecule has 4 aromatic rings. The molecule has 0 aliphatic heterocycles. The number of fused-ring (bicyclic) bond motifs is 1. The lowest BCUT2D eigenvalue weighted by Gasteiger charge is -2.07. The van der Waals surface area contributed by atoms with Gasteiger partial charge in [-0.05, 0) is 24.3 Å². The van der Waals surface area contributed by atoms with Crippen LogP contribution in [0.1, 0.15) is 5.69 Å². The number of hydrogen-bond donors (Lipinski definition) is 1. The van der Waals surface area contributed by atoms with Crippen LogP contribution in [0.2, 0.25) is 0 Å². The Bertz CT molecular complexity index is 1270. The number of halogens is 3. The molecule has 0 atom stereocenters. The van der Waals surface area contributed by atoms with Crippen LogP contribution in [-0.2, 0) is 16.2 Å². The molecule has 2 aromatic carbocycles. The summed E-state index contributed by atoms with van der Waals surface area (Å²) in [6.45, 7) is 0. The predicted octanol–water partition coefficient (Wildman–Crippen LogP) is 3.95. The largest absolute Gasteiger partial charge is 0.461 e. The van der Waals surface area contributed by atoms with Crippen LogP contribution in [0, 0.1) is 0 Å². The highest BCUT2D eigenvalue weighted by Crippen LogP contribution is 2.36. The third-order valence-corrected chi connectivity index (χ3v) is 5.08. The molecule has 144 valence electrons. The van der Waals surface area contributed by atoms with Crippen LogP contribution in [-0.4, -0.2) is 18.2 Å². The lowest BCUT2D eigenvalue weighted by Crippen LogP contribution is -2.12. The van der Waals surface area contributed by atoms with Crippen molar-refractivity contribution in [2.75, 3.05) is 0 Å². The van der Waals surface area contributed by atoms with Gasteiger partial charge in [0, 0.05) is 16.8 Å². The minimum absolute atomic E-state index is 0.0804. The Hall–Kier alpha value is -3.11. The van der Waals surface area contributed by atoms with Crippen LogP contribution >= 0.6 is 0 Å². The first-order chi connectivity index (χ1) is 13.1. The maximum absolute atomic E-state index is 13.3. The van der Waals surface area contributed by atoms with E-state index in [9.17, 15) is 21.6 Å². The van der Waals surface area contributed by atoms with E-state index in [0.29, 0.717) is 5.39 Å². The predicted molar refractivity (Wildman–Crippen MR) is 95.1 cm³/mol. The van der Waals surface area contributed by atoms with E-state index >= 15 is 0 Å². The van der Waals surface area contributed by atoms with Crippen molar-refractivity contribution in [1.82, 2.24) is 9.78 Å². The minimum Gasteiger partial charge on any atom is -0.461 e. The van der Waals surface area contributed by atoms with Gasteiger partial charge in [-0.25, -0.2) is 18.2 Å². The van der Waals surface area contributed by atoms with E-state index in [-0.39, 0.29) is 22.0 Å². The lowest BCUT2D eigenvalue weighted by atomic mass is 10.1. The first-order valence-electron chi connectivity index (χ1n) is 7.92. The quantitative estimate of drug-likeness (QED) is 0.557. The van der Waals surface area contributed by atoms with Gasteiger partial charge in [0.2, 0.25) is 10.0 Å². The lowest BCUT2D eigenvalue weighted by molar-refractivity contribution is -0.141. The fraction of sp³-hybridized carbons (Fsp3) is 0.0556. The van der Waals surface area contributed by atoms with Gasteiger partial charge in [-0.1, -0.05) is 24.3 Å². The van der Waals surface area contributed by atoms with E-state index in [2.05, 4.69) is 5.10 Å². The Kier molecular flexibility index (Phi) is 4.05. The van der Waals surface area contributed by atoms with Crippen LogP contribution in [0.3, 0.4) is 0 Å². The van der Waals surface area contributed by atoms with E-state index in [1.165, 1.54) is 30.5 Å². The second-order valence-corrected chi connectivity index (χ2v) is 7.58. The Labute approximate surface area is 157 Å². The SMILES string of the molecule is NS(=O)(=O)c1ccc(-n2nc(C(F)(F)F)cc2-c2occ3ccccc23)cc1. The van der Waals surface area contributed by atoms with Gasteiger partial charge < -0.3 is 4.42 Å². The van der Waals surface area contributed by atoms with Crippen molar-refractivity contribution < 1.29 is 26.0 Å². The maximum Gasteiger partial charge on any atom is 0.435 e. The number of alkyl halides is 3. The first kappa shape index (κ1) is 18.3. The average molecular weight is 407 g/mol. The molecule has 4 rings (SSSR count). The van der Waals surface area contributed by atoms with Crippen molar-refractivity contribution in [3.05, 3.63) is 66.6 Å². The smallest absolute Gasteiger partial charge is 0.435 e. The summed E-state index contributed by atoms with van der Waals surface area (Å²) in [6.07, 6.45) is -3.22. The third kappa shape index (κ3) is 3.16. The highest BCUT2D eigenvalue weighted by atomic mass is 32.2. The molecule has 0 saturated heterocycles. The highest BCUT2D eigenvalue weighted by molar-refractivity contribution is 7.89. The van der Waals surface area contributed by atoms with Gasteiger partial charge in [0.15, 0.2) is 11.5 Å². The number of nitrogens with two attached hydrogens (primary N) is 1. The second kappa shape index (κ2) is 6.21. The van der Waals surface area contributed by atoms with Crippen LogP contribution in [0.4, 0.5) is 13.2 Å². The van der Waals surface area contributed by atoms with Crippen LogP contribution in [0.15, 0.2) is 70.2 Å². The molecule has 6 nitrogen and oxygen atoms in total. The van der Waals surface area contributed by atoms with Gasteiger partial charge in [-0.15, -0.1) is 0 Å². The van der Waals surface area contributed by atoms with E-state index < -0.39 is 21.9 Å². The van der Waals surface area contributed by atoms with E-state index in [1.807, 2.05) is 0 Å². The van der Waals surface area contributed by atoms with Crippen LogP contribution in [0.5, 0.6) is 0 Å². The summed E-state index contributed by atoms with van der Waals surface area (Å²) >= 11 is 0. The van der Waals surface area contributed by atoms with Crippen molar-refractivity contribution >= 4 is 20.8 Å². The summed E-state index contributed by atoms with van der Waals surface area (Å²) < 4.78 is 69.2. The Morgan fingerprint density at radius 2 is 1.71 bits per heavy atom. The number of benzene rings is 2. The zero-order valence-corrected chi connectivity index (χ0v) is 14.8. The molecule has 0 aliphatic carbocycles. The first-order valence-corrected chi connectivity index (χ1v) is 9.46. The van der Waals surface area contributed by atoms with Gasteiger partial charge in [-0.3, -0.25) is 0 Å². The van der Waals surface area contributed by atoms with Gasteiger partial charge in [0.05, 0.1) is 16.8 Å². The molecule has 10 heteroatoms. The molecule has 28 heavy (non-hydrogen) atoms. The van der Waals surface area contributed by atoms with E-state index in [4.69, 9.17) is 9.56 Å². The Balaban J connectivity index is 1.93. The molecule has 0 unspecified atom stereocenters. The second-order valence-electron chi connectivity index (χ2n) is 6.02. The number of hydrogen-bond acceptors (Lipinski definition) is 4. The number of rotatable bonds is 3.